The fourth-order valence-corrected chi connectivity index (χ4v) is 2.73. The van der Waals surface area contributed by atoms with Gasteiger partial charge in [-0.1, -0.05) is 48.5 Å². The zero-order valence-corrected chi connectivity index (χ0v) is 17.9. The first kappa shape index (κ1) is 23.3. The van der Waals surface area contributed by atoms with Crippen LogP contribution < -0.4 is 10.1 Å². The first-order valence-electron chi connectivity index (χ1n) is 10.2. The van der Waals surface area contributed by atoms with Crippen LogP contribution in [0.3, 0.4) is 0 Å². The van der Waals surface area contributed by atoms with Gasteiger partial charge in [0.25, 0.3) is 0 Å². The molecular weight excluding hydrogens is 382 g/mol. The number of alkyl carbamates (subject to hydrolysis) is 1. The van der Waals surface area contributed by atoms with E-state index in [0.717, 1.165) is 11.3 Å². The fraction of sp³-hybridized carbons (Fsp3) is 0.417. The summed E-state index contributed by atoms with van der Waals surface area (Å²) in [6, 6.07) is 18.6. The highest BCUT2D eigenvalue weighted by Crippen LogP contribution is 2.12. The van der Waals surface area contributed by atoms with Gasteiger partial charge in [0, 0.05) is 6.04 Å². The Morgan fingerprint density at radius 3 is 2.23 bits per heavy atom. The number of rotatable bonds is 10. The predicted octanol–water partition coefficient (Wildman–Crippen LogP) is 4.87. The van der Waals surface area contributed by atoms with Crippen molar-refractivity contribution in [3.05, 3.63) is 66.2 Å². The fourth-order valence-electron chi connectivity index (χ4n) is 2.73. The number of nitrogens with one attached hydrogen (secondary N) is 1. The number of carbonyl (C=O) groups excluding carboxylic acids is 2. The summed E-state index contributed by atoms with van der Waals surface area (Å²) in [5, 5.41) is 2.78. The molecule has 30 heavy (non-hydrogen) atoms. The van der Waals surface area contributed by atoms with Gasteiger partial charge in [0.2, 0.25) is 0 Å². The molecule has 0 aromatic heterocycles. The average Bonchev–Trinajstić information content (AvgIpc) is 2.69. The van der Waals surface area contributed by atoms with Crippen molar-refractivity contribution >= 4 is 12.1 Å². The van der Waals surface area contributed by atoms with Crippen molar-refractivity contribution < 1.29 is 23.8 Å². The number of esters is 1. The van der Waals surface area contributed by atoms with Gasteiger partial charge in [0.05, 0.1) is 13.0 Å². The van der Waals surface area contributed by atoms with Crippen LogP contribution in [0.5, 0.6) is 5.75 Å². The Kier molecular flexibility index (Phi) is 9.19. The standard InChI is InChI=1S/C24H31NO5/c1-24(2,3)30-23(27)25-20(13-10-16-28-21-14-8-5-9-15-21)17-22(26)29-18-19-11-6-4-7-12-19/h4-9,11-12,14-15,20H,10,13,16-18H2,1-3H3,(H,25,27)/t20-/m1/s1. The SMILES string of the molecule is CC(C)(C)OC(=O)N[C@H](CCCOc1ccccc1)CC(=O)OCc1ccccc1. The van der Waals surface area contributed by atoms with E-state index in [1.165, 1.54) is 0 Å². The van der Waals surface area contributed by atoms with Gasteiger partial charge in [-0.15, -0.1) is 0 Å². The normalized spacial score (nSPS) is 12.0. The highest BCUT2D eigenvalue weighted by Gasteiger charge is 2.22. The minimum atomic E-state index is -0.612. The van der Waals surface area contributed by atoms with Crippen LogP contribution >= 0.6 is 0 Å². The lowest BCUT2D eigenvalue weighted by Crippen LogP contribution is -2.40. The van der Waals surface area contributed by atoms with E-state index >= 15 is 0 Å². The van der Waals surface area contributed by atoms with Crippen LogP contribution in [0.4, 0.5) is 4.79 Å². The molecule has 1 amide bonds. The lowest BCUT2D eigenvalue weighted by Gasteiger charge is -2.23. The lowest BCUT2D eigenvalue weighted by molar-refractivity contribution is -0.145. The van der Waals surface area contributed by atoms with Crippen LogP contribution in [0.1, 0.15) is 45.6 Å². The molecule has 0 heterocycles. The van der Waals surface area contributed by atoms with E-state index in [4.69, 9.17) is 14.2 Å². The summed E-state index contributed by atoms with van der Waals surface area (Å²) in [6.07, 6.45) is 0.748. The van der Waals surface area contributed by atoms with Gasteiger partial charge in [0.15, 0.2) is 0 Å². The Labute approximate surface area is 178 Å². The van der Waals surface area contributed by atoms with Crippen molar-refractivity contribution in [2.45, 2.75) is 58.3 Å². The highest BCUT2D eigenvalue weighted by molar-refractivity contribution is 5.73. The Balaban J connectivity index is 1.83. The minimum Gasteiger partial charge on any atom is -0.494 e. The molecule has 2 rings (SSSR count). The number of para-hydroxylation sites is 1. The number of benzene rings is 2. The second kappa shape index (κ2) is 11.9. The van der Waals surface area contributed by atoms with E-state index in [0.29, 0.717) is 19.4 Å². The monoisotopic (exact) mass is 413 g/mol. The van der Waals surface area contributed by atoms with Gasteiger partial charge >= 0.3 is 12.1 Å². The topological polar surface area (TPSA) is 73.9 Å². The van der Waals surface area contributed by atoms with E-state index in [1.54, 1.807) is 20.8 Å². The quantitative estimate of drug-likeness (QED) is 0.444. The second-order valence-corrected chi connectivity index (χ2v) is 8.00. The predicted molar refractivity (Wildman–Crippen MR) is 115 cm³/mol. The highest BCUT2D eigenvalue weighted by atomic mass is 16.6. The first-order chi connectivity index (χ1) is 14.3. The average molecular weight is 414 g/mol. The van der Waals surface area contributed by atoms with E-state index in [9.17, 15) is 9.59 Å². The van der Waals surface area contributed by atoms with Gasteiger partial charge in [-0.05, 0) is 51.3 Å². The van der Waals surface area contributed by atoms with E-state index in [1.807, 2.05) is 60.7 Å². The molecule has 0 fully saturated rings. The number of hydrogen-bond acceptors (Lipinski definition) is 5. The molecule has 2 aromatic carbocycles. The van der Waals surface area contributed by atoms with Crippen LogP contribution in [-0.2, 0) is 20.9 Å². The second-order valence-electron chi connectivity index (χ2n) is 8.00. The number of amides is 1. The minimum absolute atomic E-state index is 0.0669. The summed E-state index contributed by atoms with van der Waals surface area (Å²) >= 11 is 0. The number of ether oxygens (including phenoxy) is 3. The lowest BCUT2D eigenvalue weighted by atomic mass is 10.1. The van der Waals surface area contributed by atoms with E-state index < -0.39 is 17.7 Å². The summed E-state index contributed by atoms with van der Waals surface area (Å²) in [5.74, 6) is 0.417. The van der Waals surface area contributed by atoms with Crippen molar-refractivity contribution in [3.63, 3.8) is 0 Å². The molecule has 0 bridgehead atoms. The van der Waals surface area contributed by atoms with Crippen molar-refractivity contribution in [1.29, 1.82) is 0 Å². The van der Waals surface area contributed by atoms with Gasteiger partial charge in [-0.2, -0.15) is 0 Å². The van der Waals surface area contributed by atoms with Gasteiger partial charge in [-0.25, -0.2) is 4.79 Å². The molecule has 0 aliphatic carbocycles. The third-order valence-corrected chi connectivity index (χ3v) is 4.09. The third-order valence-electron chi connectivity index (χ3n) is 4.09. The van der Waals surface area contributed by atoms with Crippen LogP contribution in [0.2, 0.25) is 0 Å². The van der Waals surface area contributed by atoms with Gasteiger partial charge in [-0.3, -0.25) is 4.79 Å². The Morgan fingerprint density at radius 2 is 1.60 bits per heavy atom. The van der Waals surface area contributed by atoms with E-state index in [-0.39, 0.29) is 19.0 Å². The molecule has 0 aliphatic heterocycles. The molecule has 1 atom stereocenters. The van der Waals surface area contributed by atoms with Crippen molar-refractivity contribution in [2.75, 3.05) is 6.61 Å². The summed E-state index contributed by atoms with van der Waals surface area (Å²) in [5.41, 5.74) is 0.303. The molecule has 0 saturated heterocycles. The Bertz CT molecular complexity index is 771. The maximum absolute atomic E-state index is 12.3. The van der Waals surface area contributed by atoms with E-state index in [2.05, 4.69) is 5.32 Å². The van der Waals surface area contributed by atoms with Crippen LogP contribution in [0, 0.1) is 0 Å². The number of carbonyl (C=O) groups is 2. The molecule has 0 aliphatic rings. The van der Waals surface area contributed by atoms with Crippen LogP contribution in [0.15, 0.2) is 60.7 Å². The van der Waals surface area contributed by atoms with Crippen molar-refractivity contribution in [2.24, 2.45) is 0 Å². The summed E-state index contributed by atoms with van der Waals surface area (Å²) in [6.45, 7) is 6.07. The van der Waals surface area contributed by atoms with Crippen molar-refractivity contribution in [3.8, 4) is 5.75 Å². The van der Waals surface area contributed by atoms with Gasteiger partial charge < -0.3 is 19.5 Å². The Hall–Kier alpha value is -3.02. The Morgan fingerprint density at radius 1 is 0.967 bits per heavy atom. The molecule has 6 heteroatoms. The molecule has 0 radical (unpaired) electrons. The van der Waals surface area contributed by atoms with Crippen LogP contribution in [-0.4, -0.2) is 30.3 Å². The summed E-state index contributed by atoms with van der Waals surface area (Å²) < 4.78 is 16.4. The van der Waals surface area contributed by atoms with Crippen LogP contribution in [0.25, 0.3) is 0 Å². The molecule has 0 unspecified atom stereocenters. The zero-order valence-electron chi connectivity index (χ0n) is 17.9. The molecule has 6 nitrogen and oxygen atoms in total. The smallest absolute Gasteiger partial charge is 0.407 e. The maximum atomic E-state index is 12.3. The summed E-state index contributed by atoms with van der Waals surface area (Å²) in [4.78, 5) is 24.5. The molecule has 0 spiro atoms. The molecule has 162 valence electrons. The van der Waals surface area contributed by atoms with Gasteiger partial charge in [0.1, 0.15) is 18.0 Å². The van der Waals surface area contributed by atoms with Crippen molar-refractivity contribution in [1.82, 2.24) is 5.32 Å². The molecule has 0 saturated carbocycles. The first-order valence-corrected chi connectivity index (χ1v) is 10.2. The zero-order chi connectivity index (χ0) is 21.8. The molecule has 1 N–H and O–H groups in total. The largest absolute Gasteiger partial charge is 0.494 e. The molecule has 2 aromatic rings. The molecular formula is C24H31NO5. The maximum Gasteiger partial charge on any atom is 0.407 e. The summed E-state index contributed by atoms with van der Waals surface area (Å²) in [7, 11) is 0. The third kappa shape index (κ3) is 9.96. The number of hydrogen-bond donors (Lipinski definition) is 1.